The van der Waals surface area contributed by atoms with Gasteiger partial charge in [-0.2, -0.15) is 0 Å². The highest BCUT2D eigenvalue weighted by Gasteiger charge is 2.06. The smallest absolute Gasteiger partial charge is 0.181 e. The lowest BCUT2D eigenvalue weighted by Crippen LogP contribution is -1.77. The Labute approximate surface area is 75.7 Å². The predicted octanol–water partition coefficient (Wildman–Crippen LogP) is 2.36. The first kappa shape index (κ1) is 7.86. The van der Waals surface area contributed by atoms with E-state index in [1.165, 1.54) is 6.39 Å². The Morgan fingerprint density at radius 2 is 2.23 bits per heavy atom. The summed E-state index contributed by atoms with van der Waals surface area (Å²) >= 11 is 0. The number of aromatic nitrogens is 1. The second-order valence-electron chi connectivity index (χ2n) is 2.89. The van der Waals surface area contributed by atoms with E-state index in [-0.39, 0.29) is 5.75 Å². The van der Waals surface area contributed by atoms with Crippen molar-refractivity contribution in [2.75, 3.05) is 0 Å². The number of phenolic OH excluding ortho intramolecular Hbond substituents is 1. The second kappa shape index (κ2) is 2.94. The number of benzene rings is 1. The molecule has 1 heterocycles. The van der Waals surface area contributed by atoms with Crippen molar-refractivity contribution in [1.82, 2.24) is 4.98 Å². The van der Waals surface area contributed by atoms with Crippen LogP contribution >= 0.6 is 0 Å². The molecule has 0 aliphatic heterocycles. The molecule has 0 aliphatic carbocycles. The Morgan fingerprint density at radius 1 is 1.38 bits per heavy atom. The van der Waals surface area contributed by atoms with Crippen LogP contribution in [-0.2, 0) is 0 Å². The SMILES string of the molecule is Cc1ccc(-c2cnco2)c(O)c1. The quantitative estimate of drug-likeness (QED) is 0.723. The van der Waals surface area contributed by atoms with Gasteiger partial charge in [0.1, 0.15) is 5.75 Å². The number of aromatic hydroxyl groups is 1. The molecule has 0 fully saturated rings. The molecule has 1 N–H and O–H groups in total. The third kappa shape index (κ3) is 1.40. The Balaban J connectivity index is 2.53. The van der Waals surface area contributed by atoms with E-state index in [1.54, 1.807) is 12.3 Å². The molecular formula is C10H9NO2. The van der Waals surface area contributed by atoms with Crippen molar-refractivity contribution in [3.05, 3.63) is 36.4 Å². The highest BCUT2D eigenvalue weighted by atomic mass is 16.3. The van der Waals surface area contributed by atoms with Gasteiger partial charge in [0.15, 0.2) is 12.2 Å². The monoisotopic (exact) mass is 175 g/mol. The van der Waals surface area contributed by atoms with Crippen LogP contribution in [0.25, 0.3) is 11.3 Å². The molecule has 0 amide bonds. The minimum atomic E-state index is 0.219. The number of rotatable bonds is 1. The number of phenols is 1. The van der Waals surface area contributed by atoms with Crippen molar-refractivity contribution in [3.63, 3.8) is 0 Å². The van der Waals surface area contributed by atoms with Crippen molar-refractivity contribution in [3.8, 4) is 17.1 Å². The molecule has 0 aliphatic rings. The minimum absolute atomic E-state index is 0.219. The molecule has 2 aromatic rings. The number of hydrogen-bond donors (Lipinski definition) is 1. The van der Waals surface area contributed by atoms with Gasteiger partial charge in [0.25, 0.3) is 0 Å². The molecule has 0 spiro atoms. The molecular weight excluding hydrogens is 166 g/mol. The summed E-state index contributed by atoms with van der Waals surface area (Å²) in [5, 5.41) is 9.58. The van der Waals surface area contributed by atoms with Crippen molar-refractivity contribution in [1.29, 1.82) is 0 Å². The third-order valence-electron chi connectivity index (χ3n) is 1.85. The molecule has 2 rings (SSSR count). The average molecular weight is 175 g/mol. The van der Waals surface area contributed by atoms with Crippen LogP contribution < -0.4 is 0 Å². The molecule has 66 valence electrons. The zero-order valence-corrected chi connectivity index (χ0v) is 7.19. The first-order valence-corrected chi connectivity index (χ1v) is 3.96. The minimum Gasteiger partial charge on any atom is -0.507 e. The summed E-state index contributed by atoms with van der Waals surface area (Å²) in [5.74, 6) is 0.800. The number of aryl methyl sites for hydroxylation is 1. The van der Waals surface area contributed by atoms with Gasteiger partial charge in [-0.05, 0) is 24.6 Å². The molecule has 0 saturated carbocycles. The lowest BCUT2D eigenvalue weighted by molar-refractivity contribution is 0.473. The lowest BCUT2D eigenvalue weighted by Gasteiger charge is -2.00. The molecule has 0 unspecified atom stereocenters. The van der Waals surface area contributed by atoms with Crippen LogP contribution in [-0.4, -0.2) is 10.1 Å². The Bertz CT molecular complexity index is 407. The summed E-state index contributed by atoms with van der Waals surface area (Å²) in [6.45, 7) is 1.92. The van der Waals surface area contributed by atoms with E-state index >= 15 is 0 Å². The van der Waals surface area contributed by atoms with Crippen LogP contribution in [0.1, 0.15) is 5.56 Å². The maximum absolute atomic E-state index is 9.58. The van der Waals surface area contributed by atoms with E-state index in [9.17, 15) is 5.11 Å². The van der Waals surface area contributed by atoms with Crippen LogP contribution in [0.4, 0.5) is 0 Å². The van der Waals surface area contributed by atoms with Gasteiger partial charge in [-0.15, -0.1) is 0 Å². The first-order valence-electron chi connectivity index (χ1n) is 3.96. The van der Waals surface area contributed by atoms with Crippen LogP contribution in [0.5, 0.6) is 5.75 Å². The van der Waals surface area contributed by atoms with Gasteiger partial charge < -0.3 is 9.52 Å². The summed E-state index contributed by atoms with van der Waals surface area (Å²) in [5.41, 5.74) is 1.68. The van der Waals surface area contributed by atoms with Gasteiger partial charge in [-0.1, -0.05) is 6.07 Å². The summed E-state index contributed by atoms with van der Waals surface area (Å²) in [7, 11) is 0. The topological polar surface area (TPSA) is 46.3 Å². The molecule has 0 bridgehead atoms. The highest BCUT2D eigenvalue weighted by molar-refractivity contribution is 5.64. The fourth-order valence-electron chi connectivity index (χ4n) is 1.20. The van der Waals surface area contributed by atoms with Gasteiger partial charge in [0.2, 0.25) is 0 Å². The van der Waals surface area contributed by atoms with Crippen LogP contribution in [0.15, 0.2) is 35.2 Å². The second-order valence-corrected chi connectivity index (χ2v) is 2.89. The van der Waals surface area contributed by atoms with Gasteiger partial charge in [0.05, 0.1) is 11.8 Å². The van der Waals surface area contributed by atoms with E-state index in [4.69, 9.17) is 4.42 Å². The summed E-state index contributed by atoms with van der Waals surface area (Å²) in [6, 6.07) is 5.42. The molecule has 0 radical (unpaired) electrons. The number of hydrogen-bond acceptors (Lipinski definition) is 3. The van der Waals surface area contributed by atoms with Crippen molar-refractivity contribution >= 4 is 0 Å². The van der Waals surface area contributed by atoms with Crippen LogP contribution in [0.3, 0.4) is 0 Å². The predicted molar refractivity (Wildman–Crippen MR) is 48.3 cm³/mol. The Kier molecular flexibility index (Phi) is 1.77. The molecule has 3 nitrogen and oxygen atoms in total. The van der Waals surface area contributed by atoms with Crippen molar-refractivity contribution in [2.45, 2.75) is 6.92 Å². The Hall–Kier alpha value is -1.77. The largest absolute Gasteiger partial charge is 0.507 e. The Morgan fingerprint density at radius 3 is 2.85 bits per heavy atom. The zero-order valence-electron chi connectivity index (χ0n) is 7.19. The molecule has 1 aromatic heterocycles. The van der Waals surface area contributed by atoms with Crippen LogP contribution in [0.2, 0.25) is 0 Å². The van der Waals surface area contributed by atoms with Gasteiger partial charge in [-0.25, -0.2) is 4.98 Å². The van der Waals surface area contributed by atoms with Crippen molar-refractivity contribution in [2.24, 2.45) is 0 Å². The number of nitrogens with zero attached hydrogens (tertiary/aromatic N) is 1. The lowest BCUT2D eigenvalue weighted by atomic mass is 10.1. The maximum atomic E-state index is 9.58. The van der Waals surface area contributed by atoms with Gasteiger partial charge in [0, 0.05) is 0 Å². The average Bonchev–Trinajstić information content (AvgIpc) is 2.56. The van der Waals surface area contributed by atoms with E-state index < -0.39 is 0 Å². The molecule has 0 atom stereocenters. The molecule has 13 heavy (non-hydrogen) atoms. The summed E-state index contributed by atoms with van der Waals surface area (Å²) < 4.78 is 5.07. The van der Waals surface area contributed by atoms with E-state index in [0.717, 1.165) is 5.56 Å². The summed E-state index contributed by atoms with van der Waals surface area (Å²) in [6.07, 6.45) is 2.92. The normalized spacial score (nSPS) is 10.2. The fraction of sp³-hybridized carbons (Fsp3) is 0.100. The maximum Gasteiger partial charge on any atom is 0.181 e. The van der Waals surface area contributed by atoms with Gasteiger partial charge >= 0.3 is 0 Å². The van der Waals surface area contributed by atoms with E-state index in [2.05, 4.69) is 4.98 Å². The van der Waals surface area contributed by atoms with E-state index in [0.29, 0.717) is 11.3 Å². The van der Waals surface area contributed by atoms with Crippen molar-refractivity contribution < 1.29 is 9.52 Å². The third-order valence-corrected chi connectivity index (χ3v) is 1.85. The molecule has 1 aromatic carbocycles. The van der Waals surface area contributed by atoms with Crippen LogP contribution in [0, 0.1) is 6.92 Å². The van der Waals surface area contributed by atoms with E-state index in [1.807, 2.05) is 19.1 Å². The molecule has 0 saturated heterocycles. The molecule has 3 heteroatoms. The highest BCUT2D eigenvalue weighted by Crippen LogP contribution is 2.29. The standard InChI is InChI=1S/C10H9NO2/c1-7-2-3-8(9(12)4-7)10-5-11-6-13-10/h2-6,12H,1H3. The van der Waals surface area contributed by atoms with Gasteiger partial charge in [-0.3, -0.25) is 0 Å². The fourth-order valence-corrected chi connectivity index (χ4v) is 1.20. The first-order chi connectivity index (χ1) is 6.27. The zero-order chi connectivity index (χ0) is 9.26. The summed E-state index contributed by atoms with van der Waals surface area (Å²) in [4.78, 5) is 3.78. The number of oxazole rings is 1.